The van der Waals surface area contributed by atoms with Crippen LogP contribution in [0.3, 0.4) is 0 Å². The molecule has 3 heterocycles. The van der Waals surface area contributed by atoms with E-state index < -0.39 is 0 Å². The number of likely N-dealkylation sites (tertiary alicyclic amines) is 1. The van der Waals surface area contributed by atoms with Crippen LogP contribution in [0.2, 0.25) is 5.02 Å². The Labute approximate surface area is 206 Å². The first kappa shape index (κ1) is 23.4. The lowest BCUT2D eigenvalue weighted by molar-refractivity contribution is -0.133. The minimum atomic E-state index is -0.0336. The molecule has 182 valence electrons. The van der Waals surface area contributed by atoms with Gasteiger partial charge in [-0.2, -0.15) is 5.10 Å². The minimum absolute atomic E-state index is 0.0132. The summed E-state index contributed by atoms with van der Waals surface area (Å²) < 4.78 is 7.59. The SMILES string of the molecule is C[C@@H]1CN(C(=O)c2nn(CC(=O)N3CCC(c4cccc(Cl)c4)CC3)c3c2CCC3)C[C@H](C)O1. The molecule has 1 aromatic heterocycles. The molecule has 0 saturated carbocycles. The van der Waals surface area contributed by atoms with Crippen molar-refractivity contribution in [1.82, 2.24) is 19.6 Å². The summed E-state index contributed by atoms with van der Waals surface area (Å²) in [5, 5.41) is 5.45. The fourth-order valence-electron chi connectivity index (χ4n) is 5.76. The molecule has 0 unspecified atom stereocenters. The molecule has 0 radical (unpaired) electrons. The maximum absolute atomic E-state index is 13.3. The lowest BCUT2D eigenvalue weighted by Gasteiger charge is -2.35. The zero-order valence-corrected chi connectivity index (χ0v) is 20.8. The molecule has 2 atom stereocenters. The van der Waals surface area contributed by atoms with Crippen molar-refractivity contribution >= 4 is 23.4 Å². The predicted octanol–water partition coefficient (Wildman–Crippen LogP) is 3.68. The van der Waals surface area contributed by atoms with Gasteiger partial charge in [-0.25, -0.2) is 0 Å². The van der Waals surface area contributed by atoms with E-state index in [0.29, 0.717) is 24.7 Å². The first-order valence-corrected chi connectivity index (χ1v) is 12.8. The van der Waals surface area contributed by atoms with Crippen molar-refractivity contribution < 1.29 is 14.3 Å². The molecule has 1 aliphatic carbocycles. The Balaban J connectivity index is 1.25. The van der Waals surface area contributed by atoms with E-state index in [4.69, 9.17) is 16.3 Å². The lowest BCUT2D eigenvalue weighted by atomic mass is 9.89. The fourth-order valence-corrected chi connectivity index (χ4v) is 5.95. The van der Waals surface area contributed by atoms with E-state index >= 15 is 0 Å². The van der Waals surface area contributed by atoms with Crippen molar-refractivity contribution in [3.05, 3.63) is 51.8 Å². The van der Waals surface area contributed by atoms with E-state index in [-0.39, 0.29) is 30.6 Å². The van der Waals surface area contributed by atoms with E-state index in [2.05, 4.69) is 11.2 Å². The van der Waals surface area contributed by atoms with Crippen molar-refractivity contribution in [2.24, 2.45) is 0 Å². The number of fused-ring (bicyclic) bond motifs is 1. The van der Waals surface area contributed by atoms with Gasteiger partial charge in [-0.1, -0.05) is 23.7 Å². The molecule has 5 rings (SSSR count). The van der Waals surface area contributed by atoms with Crippen molar-refractivity contribution in [1.29, 1.82) is 0 Å². The van der Waals surface area contributed by atoms with Gasteiger partial charge in [0, 0.05) is 42.5 Å². The van der Waals surface area contributed by atoms with E-state index in [9.17, 15) is 9.59 Å². The largest absolute Gasteiger partial charge is 0.372 e. The number of morpholine rings is 1. The zero-order chi connectivity index (χ0) is 23.8. The van der Waals surface area contributed by atoms with E-state index in [1.165, 1.54) is 5.56 Å². The molecule has 0 N–H and O–H groups in total. The number of carbonyl (C=O) groups excluding carboxylic acids is 2. The molecule has 7 nitrogen and oxygen atoms in total. The number of piperidine rings is 1. The third kappa shape index (κ3) is 4.73. The quantitative estimate of drug-likeness (QED) is 0.664. The first-order valence-electron chi connectivity index (χ1n) is 12.5. The van der Waals surface area contributed by atoms with Crippen LogP contribution < -0.4 is 0 Å². The third-order valence-corrected chi connectivity index (χ3v) is 7.60. The van der Waals surface area contributed by atoms with Crippen LogP contribution in [0, 0.1) is 0 Å². The number of benzene rings is 1. The van der Waals surface area contributed by atoms with Crippen molar-refractivity contribution in [3.8, 4) is 0 Å². The summed E-state index contributed by atoms with van der Waals surface area (Å²) in [4.78, 5) is 30.3. The van der Waals surface area contributed by atoms with Gasteiger partial charge in [0.15, 0.2) is 5.69 Å². The zero-order valence-electron chi connectivity index (χ0n) is 20.0. The number of aromatic nitrogens is 2. The number of carbonyl (C=O) groups is 2. The average molecular weight is 485 g/mol. The summed E-state index contributed by atoms with van der Waals surface area (Å²) in [6.07, 6.45) is 4.61. The number of ether oxygens (including phenoxy) is 1. The van der Waals surface area contributed by atoms with Crippen LogP contribution in [0.4, 0.5) is 0 Å². The molecule has 2 fully saturated rings. The predicted molar refractivity (Wildman–Crippen MR) is 130 cm³/mol. The highest BCUT2D eigenvalue weighted by Crippen LogP contribution is 2.30. The molecule has 2 amide bonds. The number of nitrogens with zero attached hydrogens (tertiary/aromatic N) is 4. The maximum Gasteiger partial charge on any atom is 0.274 e. The standard InChI is InChI=1S/C26H33ClN4O3/c1-17-14-30(15-18(2)34-17)26(33)25-22-7-4-8-23(22)31(28-25)16-24(32)29-11-9-19(10-12-29)20-5-3-6-21(27)13-20/h3,5-6,13,17-19H,4,7-12,14-16H2,1-2H3/t17-,18+. The minimum Gasteiger partial charge on any atom is -0.372 e. The van der Waals surface area contributed by atoms with Gasteiger partial charge in [0.25, 0.3) is 5.91 Å². The van der Waals surface area contributed by atoms with E-state index in [1.807, 2.05) is 41.8 Å². The average Bonchev–Trinajstić information content (AvgIpc) is 3.42. The van der Waals surface area contributed by atoms with E-state index in [0.717, 1.165) is 61.5 Å². The van der Waals surface area contributed by atoms with Gasteiger partial charge < -0.3 is 14.5 Å². The Bertz CT molecular complexity index is 1070. The lowest BCUT2D eigenvalue weighted by Crippen LogP contribution is -2.48. The Hall–Kier alpha value is -2.38. The number of halogens is 1. The summed E-state index contributed by atoms with van der Waals surface area (Å²) in [6.45, 7) is 6.80. The Kier molecular flexibility index (Phi) is 6.67. The molecule has 34 heavy (non-hydrogen) atoms. The first-order chi connectivity index (χ1) is 16.4. The summed E-state index contributed by atoms with van der Waals surface area (Å²) in [6, 6.07) is 8.04. The smallest absolute Gasteiger partial charge is 0.274 e. The second-order valence-electron chi connectivity index (χ2n) is 9.96. The Morgan fingerprint density at radius 2 is 1.82 bits per heavy atom. The summed E-state index contributed by atoms with van der Waals surface area (Å²) in [5.41, 5.74) is 3.87. The highest BCUT2D eigenvalue weighted by molar-refractivity contribution is 6.30. The molecule has 2 saturated heterocycles. The van der Waals surface area contributed by atoms with Crippen LogP contribution in [0.5, 0.6) is 0 Å². The second kappa shape index (κ2) is 9.70. The van der Waals surface area contributed by atoms with Crippen LogP contribution >= 0.6 is 11.6 Å². The Morgan fingerprint density at radius 1 is 1.09 bits per heavy atom. The Morgan fingerprint density at radius 3 is 2.53 bits per heavy atom. The van der Waals surface area contributed by atoms with Gasteiger partial charge in [-0.3, -0.25) is 14.3 Å². The van der Waals surface area contributed by atoms with Gasteiger partial charge in [0.05, 0.1) is 12.2 Å². The van der Waals surface area contributed by atoms with Gasteiger partial charge in [0.1, 0.15) is 6.54 Å². The van der Waals surface area contributed by atoms with Crippen LogP contribution in [0.1, 0.15) is 66.3 Å². The molecule has 0 spiro atoms. The van der Waals surface area contributed by atoms with Gasteiger partial charge in [-0.05, 0) is 69.6 Å². The number of hydrogen-bond donors (Lipinski definition) is 0. The van der Waals surface area contributed by atoms with Crippen LogP contribution in [0.25, 0.3) is 0 Å². The molecule has 0 bridgehead atoms. The second-order valence-corrected chi connectivity index (χ2v) is 10.4. The van der Waals surface area contributed by atoms with Crippen molar-refractivity contribution in [3.63, 3.8) is 0 Å². The third-order valence-electron chi connectivity index (χ3n) is 7.37. The molecule has 2 aromatic rings. The van der Waals surface area contributed by atoms with Gasteiger partial charge >= 0.3 is 0 Å². The van der Waals surface area contributed by atoms with Crippen LogP contribution in [0.15, 0.2) is 24.3 Å². The molecule has 2 aliphatic heterocycles. The van der Waals surface area contributed by atoms with Gasteiger partial charge in [0.2, 0.25) is 5.91 Å². The molecular formula is C26H33ClN4O3. The highest BCUT2D eigenvalue weighted by atomic mass is 35.5. The molecule has 3 aliphatic rings. The highest BCUT2D eigenvalue weighted by Gasteiger charge is 2.33. The summed E-state index contributed by atoms with van der Waals surface area (Å²) in [7, 11) is 0. The molecule has 8 heteroatoms. The van der Waals surface area contributed by atoms with Crippen molar-refractivity contribution in [2.75, 3.05) is 26.2 Å². The topological polar surface area (TPSA) is 67.7 Å². The fraction of sp³-hybridized carbons (Fsp3) is 0.577. The normalized spacial score (nSPS) is 23.3. The molecule has 1 aromatic carbocycles. The molecular weight excluding hydrogens is 452 g/mol. The van der Waals surface area contributed by atoms with Gasteiger partial charge in [-0.15, -0.1) is 0 Å². The number of hydrogen-bond acceptors (Lipinski definition) is 4. The van der Waals surface area contributed by atoms with Crippen LogP contribution in [-0.2, 0) is 28.9 Å². The van der Waals surface area contributed by atoms with Crippen molar-refractivity contribution in [2.45, 2.75) is 70.6 Å². The summed E-state index contributed by atoms with van der Waals surface area (Å²) in [5.74, 6) is 0.474. The van der Waals surface area contributed by atoms with Crippen LogP contribution in [-0.4, -0.2) is 69.8 Å². The number of rotatable bonds is 4. The monoisotopic (exact) mass is 484 g/mol. The number of amides is 2. The summed E-state index contributed by atoms with van der Waals surface area (Å²) >= 11 is 6.16. The van der Waals surface area contributed by atoms with E-state index in [1.54, 1.807) is 4.68 Å². The maximum atomic E-state index is 13.3.